The fourth-order valence-corrected chi connectivity index (χ4v) is 3.54. The zero-order valence-electron chi connectivity index (χ0n) is 18.9. The molecule has 0 aliphatic carbocycles. The van der Waals surface area contributed by atoms with Gasteiger partial charge in [0.15, 0.2) is 0 Å². The van der Waals surface area contributed by atoms with Gasteiger partial charge < -0.3 is 20.3 Å². The number of amides is 2. The Balaban J connectivity index is 2.88. The lowest BCUT2D eigenvalue weighted by Crippen LogP contribution is -2.48. The van der Waals surface area contributed by atoms with Crippen molar-refractivity contribution in [3.05, 3.63) is 23.8 Å². The normalized spacial score (nSPS) is 20.9. The van der Waals surface area contributed by atoms with Crippen LogP contribution in [-0.2, 0) is 9.53 Å². The van der Waals surface area contributed by atoms with Gasteiger partial charge in [0.25, 0.3) is 0 Å². The van der Waals surface area contributed by atoms with Crippen LogP contribution in [-0.4, -0.2) is 54.7 Å². The molecule has 6 nitrogen and oxygen atoms in total. The van der Waals surface area contributed by atoms with E-state index in [1.807, 2.05) is 64.8 Å². The Morgan fingerprint density at radius 1 is 1.29 bits per heavy atom. The Hall–Kier alpha value is -1.82. The summed E-state index contributed by atoms with van der Waals surface area (Å²) in [7, 11) is 1.86. The van der Waals surface area contributed by atoms with Crippen LogP contribution in [0.4, 0.5) is 4.79 Å². The third-order valence-electron chi connectivity index (χ3n) is 5.06. The Morgan fingerprint density at radius 2 is 1.93 bits per heavy atom. The minimum absolute atomic E-state index is 0.0257. The molecule has 0 aromatic rings. The van der Waals surface area contributed by atoms with E-state index in [9.17, 15) is 9.59 Å². The first-order valence-corrected chi connectivity index (χ1v) is 10.1. The number of nitrogens with one attached hydrogen (secondary N) is 2. The molecule has 0 aromatic carbocycles. The first kappa shape index (κ1) is 24.2. The Kier molecular flexibility index (Phi) is 8.74. The van der Waals surface area contributed by atoms with Crippen molar-refractivity contribution < 1.29 is 14.3 Å². The smallest absolute Gasteiger partial charge is 0.407 e. The minimum Gasteiger partial charge on any atom is -0.444 e. The van der Waals surface area contributed by atoms with Crippen LogP contribution >= 0.6 is 0 Å². The summed E-state index contributed by atoms with van der Waals surface area (Å²) in [6.07, 6.45) is 6.28. The number of rotatable bonds is 7. The van der Waals surface area contributed by atoms with Crippen LogP contribution in [0.1, 0.15) is 61.3 Å². The Labute approximate surface area is 170 Å². The minimum atomic E-state index is -0.582. The number of likely N-dealkylation sites (N-methyl/N-ethyl adjacent to an activating group) is 1. The highest BCUT2D eigenvalue weighted by atomic mass is 16.6. The molecule has 1 saturated heterocycles. The maximum Gasteiger partial charge on any atom is 0.407 e. The molecule has 0 spiro atoms. The lowest BCUT2D eigenvalue weighted by atomic mass is 9.86. The standard InChI is InChI=1S/C22H39N3O3/c1-9-11-16(10-2)12-17(24-20(27)28-21(3,4)5)13-19(26)25(8)18-14-23-15-22(18,6)7/h9-11,17-18,23H,12-15H2,1-8H3,(H,24,27). The highest BCUT2D eigenvalue weighted by Crippen LogP contribution is 2.28. The second kappa shape index (κ2) is 10.1. The van der Waals surface area contributed by atoms with Gasteiger partial charge in [-0.05, 0) is 46.5 Å². The molecule has 1 aliphatic heterocycles. The first-order chi connectivity index (χ1) is 12.9. The van der Waals surface area contributed by atoms with Crippen molar-refractivity contribution in [1.29, 1.82) is 0 Å². The van der Waals surface area contributed by atoms with Crippen molar-refractivity contribution in [3.8, 4) is 0 Å². The molecule has 0 bridgehead atoms. The number of hydrogen-bond acceptors (Lipinski definition) is 4. The molecule has 2 N–H and O–H groups in total. The van der Waals surface area contributed by atoms with Crippen LogP contribution in [0.2, 0.25) is 0 Å². The van der Waals surface area contributed by atoms with Gasteiger partial charge in [-0.3, -0.25) is 4.79 Å². The summed E-state index contributed by atoms with van der Waals surface area (Å²) in [5.41, 5.74) is 0.515. The third kappa shape index (κ3) is 7.66. The Morgan fingerprint density at radius 3 is 2.39 bits per heavy atom. The average Bonchev–Trinajstić information content (AvgIpc) is 2.90. The summed E-state index contributed by atoms with van der Waals surface area (Å²) in [5, 5.41) is 6.26. The maximum atomic E-state index is 13.0. The second-order valence-corrected chi connectivity index (χ2v) is 9.25. The van der Waals surface area contributed by atoms with Gasteiger partial charge >= 0.3 is 6.09 Å². The van der Waals surface area contributed by atoms with Crippen LogP contribution in [0.25, 0.3) is 0 Å². The predicted molar refractivity (Wildman–Crippen MR) is 114 cm³/mol. The van der Waals surface area contributed by atoms with Crippen molar-refractivity contribution in [2.75, 3.05) is 20.1 Å². The van der Waals surface area contributed by atoms with E-state index < -0.39 is 11.7 Å². The molecule has 160 valence electrons. The number of carbonyl (C=O) groups is 2. The quantitative estimate of drug-likeness (QED) is 0.648. The molecular weight excluding hydrogens is 354 g/mol. The SMILES string of the molecule is CC=CC(=CC)CC(CC(=O)N(C)C1CNCC1(C)C)NC(=O)OC(C)(C)C. The highest BCUT2D eigenvalue weighted by molar-refractivity contribution is 5.78. The molecule has 28 heavy (non-hydrogen) atoms. The van der Waals surface area contributed by atoms with E-state index in [1.165, 1.54) is 0 Å². The summed E-state index contributed by atoms with van der Waals surface area (Å²) in [5.74, 6) is 0.0266. The van der Waals surface area contributed by atoms with Gasteiger partial charge in [-0.2, -0.15) is 0 Å². The Bertz CT molecular complexity index is 603. The van der Waals surface area contributed by atoms with Crippen molar-refractivity contribution in [2.45, 2.75) is 79.0 Å². The molecule has 1 fully saturated rings. The number of alkyl carbamates (subject to hydrolysis) is 1. The van der Waals surface area contributed by atoms with Crippen molar-refractivity contribution in [3.63, 3.8) is 0 Å². The van der Waals surface area contributed by atoms with Gasteiger partial charge in [0.1, 0.15) is 5.60 Å². The molecule has 1 aliphatic rings. The average molecular weight is 394 g/mol. The summed E-state index contributed by atoms with van der Waals surface area (Å²) in [4.78, 5) is 27.1. The van der Waals surface area contributed by atoms with Crippen molar-refractivity contribution >= 4 is 12.0 Å². The summed E-state index contributed by atoms with van der Waals surface area (Å²) < 4.78 is 5.40. The molecule has 2 amide bonds. The molecule has 1 rings (SSSR count). The fourth-order valence-electron chi connectivity index (χ4n) is 3.54. The summed E-state index contributed by atoms with van der Waals surface area (Å²) in [6, 6.07) is -0.191. The molecule has 0 saturated carbocycles. The molecule has 0 aromatic heterocycles. The van der Waals surface area contributed by atoms with Crippen molar-refractivity contribution in [2.24, 2.45) is 5.41 Å². The monoisotopic (exact) mass is 393 g/mol. The van der Waals surface area contributed by atoms with Crippen LogP contribution in [0, 0.1) is 5.41 Å². The van der Waals surface area contributed by atoms with E-state index in [-0.39, 0.29) is 29.8 Å². The lowest BCUT2D eigenvalue weighted by molar-refractivity contribution is -0.133. The zero-order valence-corrected chi connectivity index (χ0v) is 18.9. The van der Waals surface area contributed by atoms with Crippen LogP contribution in [0.3, 0.4) is 0 Å². The van der Waals surface area contributed by atoms with Gasteiger partial charge in [-0.25, -0.2) is 4.79 Å². The van der Waals surface area contributed by atoms with Gasteiger partial charge in [-0.1, -0.05) is 37.6 Å². The number of allylic oxidation sites excluding steroid dienone is 3. The van der Waals surface area contributed by atoms with E-state index in [0.717, 1.165) is 18.7 Å². The van der Waals surface area contributed by atoms with Crippen LogP contribution in [0.5, 0.6) is 0 Å². The number of carbonyl (C=O) groups excluding carboxylic acids is 2. The summed E-state index contributed by atoms with van der Waals surface area (Å²) >= 11 is 0. The van der Waals surface area contributed by atoms with E-state index in [2.05, 4.69) is 24.5 Å². The third-order valence-corrected chi connectivity index (χ3v) is 5.06. The lowest BCUT2D eigenvalue weighted by Gasteiger charge is -2.35. The van der Waals surface area contributed by atoms with E-state index in [4.69, 9.17) is 4.74 Å². The van der Waals surface area contributed by atoms with E-state index in [1.54, 1.807) is 0 Å². The summed E-state index contributed by atoms with van der Waals surface area (Å²) in [6.45, 7) is 15.4. The van der Waals surface area contributed by atoms with E-state index >= 15 is 0 Å². The number of hydrogen-bond donors (Lipinski definition) is 2. The number of ether oxygens (including phenoxy) is 1. The molecule has 0 radical (unpaired) electrons. The molecular formula is C22H39N3O3. The van der Waals surface area contributed by atoms with E-state index in [0.29, 0.717) is 6.42 Å². The highest BCUT2D eigenvalue weighted by Gasteiger charge is 2.39. The zero-order chi connectivity index (χ0) is 21.5. The first-order valence-electron chi connectivity index (χ1n) is 10.1. The largest absolute Gasteiger partial charge is 0.444 e. The van der Waals surface area contributed by atoms with Crippen LogP contribution < -0.4 is 10.6 Å². The molecule has 1 heterocycles. The van der Waals surface area contributed by atoms with Gasteiger partial charge in [0.05, 0.1) is 6.04 Å². The molecule has 2 atom stereocenters. The van der Waals surface area contributed by atoms with Gasteiger partial charge in [0, 0.05) is 32.6 Å². The van der Waals surface area contributed by atoms with Gasteiger partial charge in [-0.15, -0.1) is 0 Å². The second-order valence-electron chi connectivity index (χ2n) is 9.25. The molecule has 2 unspecified atom stereocenters. The maximum absolute atomic E-state index is 13.0. The van der Waals surface area contributed by atoms with Gasteiger partial charge in [0.2, 0.25) is 5.91 Å². The topological polar surface area (TPSA) is 70.7 Å². The van der Waals surface area contributed by atoms with Crippen LogP contribution in [0.15, 0.2) is 23.8 Å². The fraction of sp³-hybridized carbons (Fsp3) is 0.727. The van der Waals surface area contributed by atoms with Crippen molar-refractivity contribution in [1.82, 2.24) is 15.5 Å². The molecule has 6 heteroatoms. The number of nitrogens with zero attached hydrogens (tertiary/aromatic N) is 1. The predicted octanol–water partition coefficient (Wildman–Crippen LogP) is 3.64.